The average Bonchev–Trinajstić information content (AvgIpc) is 2.33. The summed E-state index contributed by atoms with van der Waals surface area (Å²) in [4.78, 5) is 23.9. The van der Waals surface area contributed by atoms with Crippen molar-refractivity contribution in [2.45, 2.75) is 20.3 Å². The van der Waals surface area contributed by atoms with Gasteiger partial charge in [-0.25, -0.2) is 0 Å². The Morgan fingerprint density at radius 1 is 1.00 bits per heavy atom. The SMILES string of the molecule is CC(C)Cc1ccc2c(c1)C(=O)C(Cl)=C(Cl)C2=O. The molecule has 1 aliphatic rings. The Kier molecular flexibility index (Phi) is 3.60. The Morgan fingerprint density at radius 3 is 2.11 bits per heavy atom. The Morgan fingerprint density at radius 2 is 1.56 bits per heavy atom. The molecule has 1 aliphatic carbocycles. The summed E-state index contributed by atoms with van der Waals surface area (Å²) in [6, 6.07) is 5.24. The molecule has 0 bridgehead atoms. The van der Waals surface area contributed by atoms with Crippen molar-refractivity contribution in [2.24, 2.45) is 5.92 Å². The predicted octanol–water partition coefficient (Wildman–Crippen LogP) is 3.95. The van der Waals surface area contributed by atoms with Crippen molar-refractivity contribution < 1.29 is 9.59 Å². The van der Waals surface area contributed by atoms with E-state index in [9.17, 15) is 9.59 Å². The van der Waals surface area contributed by atoms with Crippen LogP contribution in [-0.4, -0.2) is 11.6 Å². The van der Waals surface area contributed by atoms with Gasteiger partial charge in [0.05, 0.1) is 0 Å². The zero-order valence-electron chi connectivity index (χ0n) is 10.1. The second-order valence-corrected chi connectivity index (χ2v) is 5.52. The van der Waals surface area contributed by atoms with E-state index in [2.05, 4.69) is 13.8 Å². The molecule has 0 N–H and O–H groups in total. The molecule has 0 heterocycles. The number of rotatable bonds is 2. The van der Waals surface area contributed by atoms with Crippen molar-refractivity contribution in [3.63, 3.8) is 0 Å². The van der Waals surface area contributed by atoms with Gasteiger partial charge in [0.15, 0.2) is 0 Å². The first-order chi connectivity index (χ1) is 8.41. The lowest BCUT2D eigenvalue weighted by atomic mass is 9.90. The molecule has 0 fully saturated rings. The number of hydrogen-bond donors (Lipinski definition) is 0. The summed E-state index contributed by atoms with van der Waals surface area (Å²) in [5.41, 5.74) is 1.71. The highest BCUT2D eigenvalue weighted by Crippen LogP contribution is 2.31. The quantitative estimate of drug-likeness (QED) is 0.823. The average molecular weight is 283 g/mol. The van der Waals surface area contributed by atoms with E-state index in [0.29, 0.717) is 17.0 Å². The molecule has 0 saturated carbocycles. The first-order valence-electron chi connectivity index (χ1n) is 5.69. The number of benzene rings is 1. The number of allylic oxidation sites excluding steroid dienone is 2. The van der Waals surface area contributed by atoms with E-state index in [0.717, 1.165) is 12.0 Å². The number of fused-ring (bicyclic) bond motifs is 1. The first kappa shape index (κ1) is 13.3. The van der Waals surface area contributed by atoms with E-state index in [1.807, 2.05) is 6.07 Å². The van der Waals surface area contributed by atoms with Crippen LogP contribution in [0.1, 0.15) is 40.1 Å². The molecule has 1 aromatic carbocycles. The molecular formula is C14H12Cl2O2. The maximum absolute atomic E-state index is 12.0. The standard InChI is InChI=1S/C14H12Cl2O2/c1-7(2)5-8-3-4-9-10(6-8)14(18)12(16)11(15)13(9)17/h3-4,6-7H,5H2,1-2H3. The zero-order chi connectivity index (χ0) is 13.4. The number of hydrogen-bond acceptors (Lipinski definition) is 2. The van der Waals surface area contributed by atoms with Crippen LogP contribution in [0.3, 0.4) is 0 Å². The summed E-state index contributed by atoms with van der Waals surface area (Å²) in [6.07, 6.45) is 0.851. The van der Waals surface area contributed by atoms with Gasteiger partial charge in [-0.15, -0.1) is 0 Å². The van der Waals surface area contributed by atoms with Crippen LogP contribution in [0.4, 0.5) is 0 Å². The van der Waals surface area contributed by atoms with Crippen LogP contribution in [0.2, 0.25) is 0 Å². The molecule has 0 aliphatic heterocycles. The second-order valence-electron chi connectivity index (χ2n) is 4.76. The summed E-state index contributed by atoms with van der Waals surface area (Å²) in [5.74, 6) is -0.277. The lowest BCUT2D eigenvalue weighted by molar-refractivity contribution is 0.0987. The topological polar surface area (TPSA) is 34.1 Å². The molecule has 0 radical (unpaired) electrons. The fourth-order valence-corrected chi connectivity index (χ4v) is 2.39. The van der Waals surface area contributed by atoms with Crippen molar-refractivity contribution in [1.29, 1.82) is 0 Å². The van der Waals surface area contributed by atoms with E-state index in [1.54, 1.807) is 12.1 Å². The predicted molar refractivity (Wildman–Crippen MR) is 72.4 cm³/mol. The molecule has 0 atom stereocenters. The van der Waals surface area contributed by atoms with E-state index in [-0.39, 0.29) is 21.6 Å². The van der Waals surface area contributed by atoms with Gasteiger partial charge in [-0.05, 0) is 30.0 Å². The third-order valence-corrected chi connectivity index (χ3v) is 3.63. The number of halogens is 2. The molecule has 1 aromatic rings. The van der Waals surface area contributed by atoms with Crippen molar-refractivity contribution in [1.82, 2.24) is 0 Å². The molecule has 94 valence electrons. The number of ketones is 2. The van der Waals surface area contributed by atoms with E-state index in [1.165, 1.54) is 0 Å². The minimum absolute atomic E-state index is 0.184. The van der Waals surface area contributed by atoms with Crippen LogP contribution in [0.25, 0.3) is 0 Å². The Balaban J connectivity index is 2.51. The van der Waals surface area contributed by atoms with Crippen LogP contribution in [0.5, 0.6) is 0 Å². The van der Waals surface area contributed by atoms with E-state index < -0.39 is 0 Å². The van der Waals surface area contributed by atoms with Crippen molar-refractivity contribution in [3.05, 3.63) is 45.0 Å². The largest absolute Gasteiger partial charge is 0.288 e. The molecule has 0 aromatic heterocycles. The van der Waals surface area contributed by atoms with Gasteiger partial charge < -0.3 is 0 Å². The van der Waals surface area contributed by atoms with Gasteiger partial charge >= 0.3 is 0 Å². The molecule has 0 spiro atoms. The van der Waals surface area contributed by atoms with Crippen molar-refractivity contribution in [2.75, 3.05) is 0 Å². The fourth-order valence-electron chi connectivity index (χ4n) is 2.01. The van der Waals surface area contributed by atoms with Gasteiger partial charge in [0.2, 0.25) is 11.6 Å². The zero-order valence-corrected chi connectivity index (χ0v) is 11.6. The normalized spacial score (nSPS) is 15.4. The second kappa shape index (κ2) is 4.87. The van der Waals surface area contributed by atoms with Crippen LogP contribution in [-0.2, 0) is 6.42 Å². The lowest BCUT2D eigenvalue weighted by Crippen LogP contribution is -2.18. The monoisotopic (exact) mass is 282 g/mol. The Labute approximate surface area is 116 Å². The minimum atomic E-state index is -0.382. The van der Waals surface area contributed by atoms with Gasteiger partial charge in [0.25, 0.3) is 0 Å². The molecule has 0 unspecified atom stereocenters. The molecule has 4 heteroatoms. The number of carbonyl (C=O) groups excluding carboxylic acids is 2. The van der Waals surface area contributed by atoms with Crippen molar-refractivity contribution >= 4 is 34.8 Å². The third-order valence-electron chi connectivity index (χ3n) is 2.81. The third kappa shape index (κ3) is 2.23. The highest BCUT2D eigenvalue weighted by Gasteiger charge is 2.30. The summed E-state index contributed by atoms with van der Waals surface area (Å²) in [7, 11) is 0. The minimum Gasteiger partial charge on any atom is -0.288 e. The van der Waals surface area contributed by atoms with Gasteiger partial charge in [-0.3, -0.25) is 9.59 Å². The smallest absolute Gasteiger partial charge is 0.206 e. The lowest BCUT2D eigenvalue weighted by Gasteiger charge is -2.15. The highest BCUT2D eigenvalue weighted by atomic mass is 35.5. The van der Waals surface area contributed by atoms with Gasteiger partial charge in [0, 0.05) is 11.1 Å². The first-order valence-corrected chi connectivity index (χ1v) is 6.45. The molecule has 18 heavy (non-hydrogen) atoms. The van der Waals surface area contributed by atoms with Crippen LogP contribution < -0.4 is 0 Å². The van der Waals surface area contributed by atoms with Crippen molar-refractivity contribution in [3.8, 4) is 0 Å². The van der Waals surface area contributed by atoms with Crippen LogP contribution in [0.15, 0.2) is 28.3 Å². The summed E-state index contributed by atoms with van der Waals surface area (Å²) in [6.45, 7) is 4.19. The summed E-state index contributed by atoms with van der Waals surface area (Å²) < 4.78 is 0. The van der Waals surface area contributed by atoms with E-state index >= 15 is 0 Å². The van der Waals surface area contributed by atoms with E-state index in [4.69, 9.17) is 23.2 Å². The number of Topliss-reactive ketones (excluding diaryl/α,β-unsaturated/α-hetero) is 2. The maximum atomic E-state index is 12.0. The van der Waals surface area contributed by atoms with Crippen LogP contribution >= 0.6 is 23.2 Å². The van der Waals surface area contributed by atoms with Gasteiger partial charge in [0.1, 0.15) is 10.1 Å². The summed E-state index contributed by atoms with van der Waals surface area (Å²) in [5, 5.41) is -0.373. The van der Waals surface area contributed by atoms with Crippen LogP contribution in [0, 0.1) is 5.92 Å². The van der Waals surface area contributed by atoms with Gasteiger partial charge in [-0.2, -0.15) is 0 Å². The highest BCUT2D eigenvalue weighted by molar-refractivity contribution is 6.59. The number of carbonyl (C=O) groups is 2. The molecule has 2 nitrogen and oxygen atoms in total. The molecule has 0 amide bonds. The maximum Gasteiger partial charge on any atom is 0.206 e. The molecular weight excluding hydrogens is 271 g/mol. The molecule has 2 rings (SSSR count). The molecule has 0 saturated heterocycles. The Bertz CT molecular complexity index is 571. The van der Waals surface area contributed by atoms with Gasteiger partial charge in [-0.1, -0.05) is 43.1 Å². The fraction of sp³-hybridized carbons (Fsp3) is 0.286. The Hall–Kier alpha value is -1.12. The summed E-state index contributed by atoms with van der Waals surface area (Å²) >= 11 is 11.5.